The number of ether oxygens (including phenoxy) is 1. The van der Waals surface area contributed by atoms with Gasteiger partial charge in [0.15, 0.2) is 10.8 Å². The van der Waals surface area contributed by atoms with Crippen LogP contribution >= 0.6 is 11.3 Å². The van der Waals surface area contributed by atoms with Crippen molar-refractivity contribution in [2.45, 2.75) is 26.8 Å². The number of hydrogen-bond donors (Lipinski definition) is 1. The fourth-order valence-corrected chi connectivity index (χ4v) is 4.08. The lowest BCUT2D eigenvalue weighted by atomic mass is 10.1. The summed E-state index contributed by atoms with van der Waals surface area (Å²) in [7, 11) is 1.73. The third-order valence-corrected chi connectivity index (χ3v) is 5.67. The molecule has 0 atom stereocenters. The lowest BCUT2D eigenvalue weighted by Gasteiger charge is -2.05. The first kappa shape index (κ1) is 20.7. The molecule has 3 aromatic heterocycles. The maximum absolute atomic E-state index is 12.5. The van der Waals surface area contributed by atoms with Gasteiger partial charge in [-0.3, -0.25) is 18.8 Å². The molecule has 0 spiro atoms. The van der Waals surface area contributed by atoms with Crippen molar-refractivity contribution in [1.82, 2.24) is 24.3 Å². The molecule has 9 nitrogen and oxygen atoms in total. The smallest absolute Gasteiger partial charge is 0.264 e. The van der Waals surface area contributed by atoms with E-state index in [1.54, 1.807) is 11.7 Å². The number of anilines is 1. The zero-order valence-corrected chi connectivity index (χ0v) is 18.3. The normalized spacial score (nSPS) is 11.1. The van der Waals surface area contributed by atoms with Crippen molar-refractivity contribution in [1.29, 1.82) is 0 Å². The van der Waals surface area contributed by atoms with E-state index in [0.717, 1.165) is 21.9 Å². The molecule has 4 rings (SSSR count). The highest BCUT2D eigenvalue weighted by molar-refractivity contribution is 7.16. The fourth-order valence-electron chi connectivity index (χ4n) is 3.22. The van der Waals surface area contributed by atoms with E-state index in [2.05, 4.69) is 20.4 Å². The Morgan fingerprint density at radius 2 is 2.03 bits per heavy atom. The third kappa shape index (κ3) is 4.33. The Morgan fingerprint density at radius 1 is 1.26 bits per heavy atom. The number of benzene rings is 1. The number of thiazole rings is 1. The Hall–Kier alpha value is -3.53. The summed E-state index contributed by atoms with van der Waals surface area (Å²) in [4.78, 5) is 34.7. The SMILES string of the molecule is CCOc1ccc(-c2nc(NC(=O)CCn3cnc4c(cnn4C)c3=O)sc2C)cc1. The van der Waals surface area contributed by atoms with Crippen LogP contribution in [0.15, 0.2) is 41.6 Å². The van der Waals surface area contributed by atoms with Gasteiger partial charge in [0.25, 0.3) is 5.56 Å². The van der Waals surface area contributed by atoms with E-state index < -0.39 is 0 Å². The van der Waals surface area contributed by atoms with Crippen LogP contribution in [0.25, 0.3) is 22.3 Å². The Bertz CT molecular complexity index is 1290. The molecular weight excluding hydrogens is 416 g/mol. The van der Waals surface area contributed by atoms with E-state index in [4.69, 9.17) is 4.74 Å². The Balaban J connectivity index is 1.42. The molecule has 0 unspecified atom stereocenters. The first-order valence-corrected chi connectivity index (χ1v) is 10.7. The summed E-state index contributed by atoms with van der Waals surface area (Å²) in [5, 5.41) is 7.83. The van der Waals surface area contributed by atoms with Gasteiger partial charge in [0.1, 0.15) is 11.1 Å². The van der Waals surface area contributed by atoms with Crippen LogP contribution in [0.4, 0.5) is 5.13 Å². The van der Waals surface area contributed by atoms with E-state index in [9.17, 15) is 9.59 Å². The molecule has 0 saturated heterocycles. The van der Waals surface area contributed by atoms with Crippen LogP contribution in [0.3, 0.4) is 0 Å². The van der Waals surface area contributed by atoms with Crippen molar-refractivity contribution in [2.24, 2.45) is 7.05 Å². The molecule has 0 radical (unpaired) electrons. The van der Waals surface area contributed by atoms with Crippen LogP contribution in [0.1, 0.15) is 18.2 Å². The Labute approximate surface area is 182 Å². The first-order chi connectivity index (χ1) is 15.0. The van der Waals surface area contributed by atoms with Gasteiger partial charge in [0, 0.05) is 30.5 Å². The number of hydrogen-bond acceptors (Lipinski definition) is 7. The van der Waals surface area contributed by atoms with Gasteiger partial charge < -0.3 is 10.1 Å². The van der Waals surface area contributed by atoms with Crippen LogP contribution in [-0.4, -0.2) is 36.8 Å². The molecule has 1 N–H and O–H groups in total. The van der Waals surface area contributed by atoms with Gasteiger partial charge in [-0.05, 0) is 38.1 Å². The number of aromatic nitrogens is 5. The van der Waals surface area contributed by atoms with Gasteiger partial charge in [-0.1, -0.05) is 0 Å². The maximum Gasteiger partial charge on any atom is 0.264 e. The highest BCUT2D eigenvalue weighted by Crippen LogP contribution is 2.31. The van der Waals surface area contributed by atoms with E-state index in [1.165, 1.54) is 28.4 Å². The summed E-state index contributed by atoms with van der Waals surface area (Å²) < 4.78 is 8.43. The molecule has 0 saturated carbocycles. The maximum atomic E-state index is 12.5. The first-order valence-electron chi connectivity index (χ1n) is 9.84. The van der Waals surface area contributed by atoms with Gasteiger partial charge in [-0.25, -0.2) is 9.97 Å². The summed E-state index contributed by atoms with van der Waals surface area (Å²) in [6.07, 6.45) is 3.06. The van der Waals surface area contributed by atoms with Crippen molar-refractivity contribution in [2.75, 3.05) is 11.9 Å². The standard InChI is InChI=1S/C21H22N6O3S/c1-4-30-15-7-5-14(6-8-15)18-13(2)31-21(25-18)24-17(28)9-10-27-12-22-19-16(20(27)29)11-23-26(19)3/h5-8,11-12H,4,9-10H2,1-3H3,(H,24,25,28). The van der Waals surface area contributed by atoms with Crippen molar-refractivity contribution >= 4 is 33.4 Å². The second-order valence-electron chi connectivity index (χ2n) is 6.93. The van der Waals surface area contributed by atoms with Gasteiger partial charge in [-0.2, -0.15) is 5.10 Å². The highest BCUT2D eigenvalue weighted by Gasteiger charge is 2.14. The number of rotatable bonds is 7. The number of nitrogens with one attached hydrogen (secondary N) is 1. The molecule has 0 aliphatic heterocycles. The predicted octanol–water partition coefficient (Wildman–Crippen LogP) is 2.99. The van der Waals surface area contributed by atoms with Crippen molar-refractivity contribution in [3.8, 4) is 17.0 Å². The molecule has 0 bridgehead atoms. The summed E-state index contributed by atoms with van der Waals surface area (Å²) in [6.45, 7) is 4.74. The molecule has 3 heterocycles. The number of carbonyl (C=O) groups excluding carboxylic acids is 1. The van der Waals surface area contributed by atoms with Gasteiger partial charge in [0.2, 0.25) is 5.91 Å². The topological polar surface area (TPSA) is 104 Å². The Kier molecular flexibility index (Phi) is 5.81. The molecule has 0 aliphatic carbocycles. The van der Waals surface area contributed by atoms with E-state index in [0.29, 0.717) is 22.8 Å². The molecular formula is C21H22N6O3S. The zero-order valence-electron chi connectivity index (χ0n) is 17.5. The van der Waals surface area contributed by atoms with E-state index >= 15 is 0 Å². The minimum absolute atomic E-state index is 0.129. The highest BCUT2D eigenvalue weighted by atomic mass is 32.1. The molecule has 160 valence electrons. The van der Waals surface area contributed by atoms with Crippen LogP contribution in [-0.2, 0) is 18.4 Å². The largest absolute Gasteiger partial charge is 0.494 e. The van der Waals surface area contributed by atoms with Gasteiger partial charge in [-0.15, -0.1) is 11.3 Å². The Morgan fingerprint density at radius 3 is 2.77 bits per heavy atom. The summed E-state index contributed by atoms with van der Waals surface area (Å²) in [5.74, 6) is 0.590. The number of nitrogens with zero attached hydrogens (tertiary/aromatic N) is 5. The van der Waals surface area contributed by atoms with Crippen molar-refractivity contribution in [3.63, 3.8) is 0 Å². The molecule has 0 fully saturated rings. The van der Waals surface area contributed by atoms with Crippen LogP contribution < -0.4 is 15.6 Å². The average molecular weight is 439 g/mol. The number of amides is 1. The third-order valence-electron chi connectivity index (χ3n) is 4.78. The molecule has 1 amide bonds. The number of aryl methyl sites for hydroxylation is 3. The lowest BCUT2D eigenvalue weighted by molar-refractivity contribution is -0.116. The summed E-state index contributed by atoms with van der Waals surface area (Å²) in [6, 6.07) is 7.71. The molecule has 0 aliphatic rings. The minimum atomic E-state index is -0.217. The zero-order chi connectivity index (χ0) is 22.0. The number of fused-ring (bicyclic) bond motifs is 1. The van der Waals surface area contributed by atoms with E-state index in [-0.39, 0.29) is 24.4 Å². The molecule has 4 aromatic rings. The predicted molar refractivity (Wildman–Crippen MR) is 119 cm³/mol. The minimum Gasteiger partial charge on any atom is -0.494 e. The monoisotopic (exact) mass is 438 g/mol. The van der Waals surface area contributed by atoms with Crippen LogP contribution in [0.2, 0.25) is 0 Å². The number of carbonyl (C=O) groups is 1. The second-order valence-corrected chi connectivity index (χ2v) is 8.13. The quantitative estimate of drug-likeness (QED) is 0.476. The van der Waals surface area contributed by atoms with E-state index in [1.807, 2.05) is 38.1 Å². The molecule has 10 heteroatoms. The van der Waals surface area contributed by atoms with Crippen molar-refractivity contribution in [3.05, 3.63) is 52.0 Å². The summed E-state index contributed by atoms with van der Waals surface area (Å²) >= 11 is 1.42. The second kappa shape index (κ2) is 8.68. The van der Waals surface area contributed by atoms with Crippen LogP contribution in [0.5, 0.6) is 5.75 Å². The van der Waals surface area contributed by atoms with Crippen molar-refractivity contribution < 1.29 is 9.53 Å². The summed E-state index contributed by atoms with van der Waals surface area (Å²) in [5.41, 5.74) is 2.09. The molecule has 1 aromatic carbocycles. The fraction of sp³-hybridized carbons (Fsp3) is 0.286. The van der Waals surface area contributed by atoms with Crippen LogP contribution in [0, 0.1) is 6.92 Å². The average Bonchev–Trinajstić information content (AvgIpc) is 3.31. The lowest BCUT2D eigenvalue weighted by Crippen LogP contribution is -2.23. The van der Waals surface area contributed by atoms with Gasteiger partial charge in [0.05, 0.1) is 24.8 Å². The van der Waals surface area contributed by atoms with Gasteiger partial charge >= 0.3 is 0 Å². The molecule has 31 heavy (non-hydrogen) atoms.